The number of hydrogen-bond donors (Lipinski definition) is 2. The smallest absolute Gasteiger partial charge is 0.306 e. The first kappa shape index (κ1) is 22.9. The third-order valence-corrected chi connectivity index (χ3v) is 5.29. The van der Waals surface area contributed by atoms with Crippen LogP contribution in [0.4, 0.5) is 0 Å². The van der Waals surface area contributed by atoms with Crippen LogP contribution in [0.25, 0.3) is 0 Å². The summed E-state index contributed by atoms with van der Waals surface area (Å²) in [5.41, 5.74) is 0. The van der Waals surface area contributed by atoms with Gasteiger partial charge in [0.15, 0.2) is 0 Å². The first-order chi connectivity index (χ1) is 11.4. The molecule has 0 aliphatic carbocycles. The van der Waals surface area contributed by atoms with Crippen LogP contribution in [0.15, 0.2) is 0 Å². The molecule has 142 valence electrons. The number of carbonyl (C=O) groups is 2. The van der Waals surface area contributed by atoms with Gasteiger partial charge in [-0.15, -0.1) is 0 Å². The lowest BCUT2D eigenvalue weighted by molar-refractivity contribution is -0.144. The number of rotatable bonds is 15. The standard InChI is InChI=1S/C20H38O4/c1-5-8-10-16(13-12-15(4)19(21)22)14-17(11-9-6-2)18(7-3)20(23)24/h15-18H,5-14H2,1-4H3,(H,21,22)(H,23,24). The Labute approximate surface area is 148 Å². The molecule has 0 spiro atoms. The molecule has 2 N–H and O–H groups in total. The third kappa shape index (κ3) is 9.29. The number of unbranched alkanes of at least 4 members (excludes halogenated alkanes) is 2. The van der Waals surface area contributed by atoms with E-state index in [1.54, 1.807) is 6.92 Å². The van der Waals surface area contributed by atoms with E-state index in [1.165, 1.54) is 0 Å². The highest BCUT2D eigenvalue weighted by molar-refractivity contribution is 5.70. The Bertz CT molecular complexity index is 354. The fourth-order valence-corrected chi connectivity index (χ4v) is 3.57. The lowest BCUT2D eigenvalue weighted by Crippen LogP contribution is -2.25. The van der Waals surface area contributed by atoms with E-state index in [4.69, 9.17) is 5.11 Å². The highest BCUT2D eigenvalue weighted by Gasteiger charge is 2.28. The Kier molecular flexibility index (Phi) is 12.7. The Morgan fingerprint density at radius 3 is 1.88 bits per heavy atom. The van der Waals surface area contributed by atoms with E-state index in [0.717, 1.165) is 51.4 Å². The molecule has 0 aromatic carbocycles. The van der Waals surface area contributed by atoms with Crippen LogP contribution in [-0.2, 0) is 9.59 Å². The van der Waals surface area contributed by atoms with Crippen LogP contribution in [-0.4, -0.2) is 22.2 Å². The summed E-state index contributed by atoms with van der Waals surface area (Å²) in [5, 5.41) is 18.6. The minimum Gasteiger partial charge on any atom is -0.481 e. The Hall–Kier alpha value is -1.06. The quantitative estimate of drug-likeness (QED) is 0.406. The van der Waals surface area contributed by atoms with E-state index in [-0.39, 0.29) is 17.8 Å². The lowest BCUT2D eigenvalue weighted by Gasteiger charge is -2.28. The second-order valence-corrected chi connectivity index (χ2v) is 7.32. The summed E-state index contributed by atoms with van der Waals surface area (Å²) in [5.74, 6) is -1.32. The van der Waals surface area contributed by atoms with E-state index >= 15 is 0 Å². The maximum atomic E-state index is 11.6. The Balaban J connectivity index is 4.90. The summed E-state index contributed by atoms with van der Waals surface area (Å²) in [6.07, 6.45) is 9.66. The fourth-order valence-electron chi connectivity index (χ4n) is 3.57. The van der Waals surface area contributed by atoms with Crippen molar-refractivity contribution in [1.82, 2.24) is 0 Å². The summed E-state index contributed by atoms with van der Waals surface area (Å²) in [4.78, 5) is 22.7. The van der Waals surface area contributed by atoms with Gasteiger partial charge in [0.1, 0.15) is 0 Å². The van der Waals surface area contributed by atoms with Gasteiger partial charge >= 0.3 is 11.9 Å². The minimum absolute atomic E-state index is 0.217. The summed E-state index contributed by atoms with van der Waals surface area (Å²) >= 11 is 0. The third-order valence-electron chi connectivity index (χ3n) is 5.29. The predicted molar refractivity (Wildman–Crippen MR) is 98.1 cm³/mol. The van der Waals surface area contributed by atoms with Gasteiger partial charge in [0.05, 0.1) is 11.8 Å². The van der Waals surface area contributed by atoms with E-state index in [9.17, 15) is 14.7 Å². The van der Waals surface area contributed by atoms with Crippen molar-refractivity contribution in [1.29, 1.82) is 0 Å². The molecule has 24 heavy (non-hydrogen) atoms. The number of aliphatic carboxylic acids is 2. The molecule has 4 nitrogen and oxygen atoms in total. The van der Waals surface area contributed by atoms with Gasteiger partial charge in [-0.2, -0.15) is 0 Å². The van der Waals surface area contributed by atoms with Gasteiger partial charge in [-0.25, -0.2) is 0 Å². The van der Waals surface area contributed by atoms with Crippen molar-refractivity contribution in [2.75, 3.05) is 0 Å². The molecule has 0 heterocycles. The molecule has 0 saturated heterocycles. The summed E-state index contributed by atoms with van der Waals surface area (Å²) in [6.45, 7) is 8.03. The predicted octanol–water partition coefficient (Wildman–Crippen LogP) is 5.60. The Morgan fingerprint density at radius 1 is 0.833 bits per heavy atom. The SMILES string of the molecule is CCCCC(CCC(C)C(=O)O)CC(CCCC)C(CC)C(=O)O. The first-order valence-electron chi connectivity index (χ1n) is 9.82. The number of carboxylic acid groups (broad SMARTS) is 2. The maximum Gasteiger partial charge on any atom is 0.306 e. The highest BCUT2D eigenvalue weighted by atomic mass is 16.4. The second kappa shape index (κ2) is 13.3. The lowest BCUT2D eigenvalue weighted by atomic mass is 9.77. The van der Waals surface area contributed by atoms with E-state index < -0.39 is 11.9 Å². The van der Waals surface area contributed by atoms with Gasteiger partial charge in [-0.3, -0.25) is 9.59 Å². The molecule has 0 fully saturated rings. The minimum atomic E-state index is -0.733. The maximum absolute atomic E-state index is 11.6. The van der Waals surface area contributed by atoms with Crippen molar-refractivity contribution >= 4 is 11.9 Å². The van der Waals surface area contributed by atoms with Crippen molar-refractivity contribution < 1.29 is 19.8 Å². The molecule has 0 aromatic rings. The van der Waals surface area contributed by atoms with E-state index in [0.29, 0.717) is 18.8 Å². The summed E-state index contributed by atoms with van der Waals surface area (Å²) < 4.78 is 0. The summed E-state index contributed by atoms with van der Waals surface area (Å²) in [6, 6.07) is 0. The van der Waals surface area contributed by atoms with Crippen LogP contribution in [0.2, 0.25) is 0 Å². The van der Waals surface area contributed by atoms with Gasteiger partial charge in [-0.05, 0) is 43.9 Å². The second-order valence-electron chi connectivity index (χ2n) is 7.32. The summed E-state index contributed by atoms with van der Waals surface area (Å²) in [7, 11) is 0. The topological polar surface area (TPSA) is 74.6 Å². The molecule has 0 aromatic heterocycles. The molecule has 0 radical (unpaired) electrons. The molecule has 0 bridgehead atoms. The van der Waals surface area contributed by atoms with Crippen LogP contribution in [0.1, 0.15) is 91.9 Å². The molecular weight excluding hydrogens is 304 g/mol. The van der Waals surface area contributed by atoms with E-state index in [1.807, 2.05) is 6.92 Å². The van der Waals surface area contributed by atoms with Crippen molar-refractivity contribution in [3.05, 3.63) is 0 Å². The van der Waals surface area contributed by atoms with Gasteiger partial charge < -0.3 is 10.2 Å². The molecule has 0 rings (SSSR count). The molecular formula is C20H38O4. The van der Waals surface area contributed by atoms with Crippen molar-refractivity contribution in [3.8, 4) is 0 Å². The van der Waals surface area contributed by atoms with Crippen LogP contribution in [0.5, 0.6) is 0 Å². The normalized spacial score (nSPS) is 16.3. The van der Waals surface area contributed by atoms with Crippen LogP contribution < -0.4 is 0 Å². The molecule has 0 aliphatic rings. The largest absolute Gasteiger partial charge is 0.481 e. The monoisotopic (exact) mass is 342 g/mol. The molecule has 0 saturated carbocycles. The van der Waals surface area contributed by atoms with Gasteiger partial charge in [0.25, 0.3) is 0 Å². The Morgan fingerprint density at radius 2 is 1.42 bits per heavy atom. The zero-order valence-corrected chi connectivity index (χ0v) is 16.1. The van der Waals surface area contributed by atoms with Crippen molar-refractivity contribution in [2.45, 2.75) is 91.9 Å². The van der Waals surface area contributed by atoms with Crippen molar-refractivity contribution in [2.24, 2.45) is 23.7 Å². The fraction of sp³-hybridized carbons (Fsp3) is 0.900. The van der Waals surface area contributed by atoms with Crippen molar-refractivity contribution in [3.63, 3.8) is 0 Å². The van der Waals surface area contributed by atoms with E-state index in [2.05, 4.69) is 13.8 Å². The number of hydrogen-bond acceptors (Lipinski definition) is 2. The molecule has 4 atom stereocenters. The highest BCUT2D eigenvalue weighted by Crippen LogP contribution is 2.33. The van der Waals surface area contributed by atoms with Crippen LogP contribution in [0, 0.1) is 23.7 Å². The van der Waals surface area contributed by atoms with Gasteiger partial charge in [0, 0.05) is 0 Å². The zero-order chi connectivity index (χ0) is 18.5. The molecule has 4 unspecified atom stereocenters. The average Bonchev–Trinajstić information content (AvgIpc) is 2.54. The van der Waals surface area contributed by atoms with Crippen LogP contribution >= 0.6 is 0 Å². The average molecular weight is 343 g/mol. The zero-order valence-electron chi connectivity index (χ0n) is 16.1. The van der Waals surface area contributed by atoms with Gasteiger partial charge in [0.2, 0.25) is 0 Å². The van der Waals surface area contributed by atoms with Crippen LogP contribution in [0.3, 0.4) is 0 Å². The van der Waals surface area contributed by atoms with Gasteiger partial charge in [-0.1, -0.05) is 59.8 Å². The molecule has 0 amide bonds. The number of carboxylic acids is 2. The molecule has 0 aliphatic heterocycles. The molecule has 4 heteroatoms. The first-order valence-corrected chi connectivity index (χ1v) is 9.82.